The van der Waals surface area contributed by atoms with Gasteiger partial charge in [0, 0.05) is 24.2 Å². The number of pyridine rings is 1. The molecule has 0 spiro atoms. The van der Waals surface area contributed by atoms with Crippen LogP contribution in [0.3, 0.4) is 0 Å². The molecule has 1 unspecified atom stereocenters. The summed E-state index contributed by atoms with van der Waals surface area (Å²) in [6, 6.07) is 5.02. The normalized spacial score (nSPS) is 13.8. The van der Waals surface area contributed by atoms with Gasteiger partial charge in [0.2, 0.25) is 0 Å². The van der Waals surface area contributed by atoms with Crippen LogP contribution < -0.4 is 11.5 Å². The number of halogens is 3. The molecule has 96 valence electrons. The van der Waals surface area contributed by atoms with Crippen molar-refractivity contribution >= 4 is 10.9 Å². The van der Waals surface area contributed by atoms with Crippen molar-refractivity contribution in [2.45, 2.75) is 12.2 Å². The fourth-order valence-corrected chi connectivity index (χ4v) is 1.88. The van der Waals surface area contributed by atoms with Crippen LogP contribution in [-0.2, 0) is 6.18 Å². The molecule has 0 fully saturated rings. The summed E-state index contributed by atoms with van der Waals surface area (Å²) in [4.78, 5) is 3.81. The first-order valence-electron chi connectivity index (χ1n) is 5.35. The summed E-state index contributed by atoms with van der Waals surface area (Å²) in [6.45, 7) is 0.162. The minimum absolute atomic E-state index is 0.0913. The summed E-state index contributed by atoms with van der Waals surface area (Å²) in [7, 11) is 0. The number of alkyl halides is 3. The number of para-hydroxylation sites is 1. The Bertz CT molecular complexity index is 566. The highest BCUT2D eigenvalue weighted by molar-refractivity contribution is 5.85. The Morgan fingerprint density at radius 2 is 1.94 bits per heavy atom. The van der Waals surface area contributed by atoms with Crippen LogP contribution in [0.4, 0.5) is 13.2 Å². The molecule has 1 aromatic carbocycles. The molecule has 2 aromatic rings. The van der Waals surface area contributed by atoms with E-state index >= 15 is 0 Å². The molecule has 0 aliphatic heterocycles. The SMILES string of the molecule is NCC(N)c1ccnc2c(C(F)(F)F)cccc12. The van der Waals surface area contributed by atoms with Gasteiger partial charge in [0.25, 0.3) is 0 Å². The highest BCUT2D eigenvalue weighted by Gasteiger charge is 2.33. The number of aromatic nitrogens is 1. The lowest BCUT2D eigenvalue weighted by atomic mass is 10.0. The van der Waals surface area contributed by atoms with Crippen LogP contribution in [0.2, 0.25) is 0 Å². The van der Waals surface area contributed by atoms with Crippen molar-refractivity contribution in [3.05, 3.63) is 41.6 Å². The summed E-state index contributed by atoms with van der Waals surface area (Å²) in [6.07, 6.45) is -3.11. The third-order valence-electron chi connectivity index (χ3n) is 2.76. The lowest BCUT2D eigenvalue weighted by Gasteiger charge is -2.15. The first-order chi connectivity index (χ1) is 8.45. The van der Waals surface area contributed by atoms with E-state index in [1.54, 1.807) is 12.1 Å². The van der Waals surface area contributed by atoms with Crippen molar-refractivity contribution in [2.75, 3.05) is 6.54 Å². The molecule has 6 heteroatoms. The molecule has 1 atom stereocenters. The second kappa shape index (κ2) is 4.55. The maximum absolute atomic E-state index is 12.8. The molecule has 0 aliphatic carbocycles. The maximum atomic E-state index is 12.8. The Morgan fingerprint density at radius 1 is 1.22 bits per heavy atom. The van der Waals surface area contributed by atoms with E-state index in [1.165, 1.54) is 12.3 Å². The van der Waals surface area contributed by atoms with E-state index in [-0.39, 0.29) is 12.1 Å². The predicted molar refractivity (Wildman–Crippen MR) is 62.7 cm³/mol. The summed E-state index contributed by atoms with van der Waals surface area (Å²) in [5.74, 6) is 0. The van der Waals surface area contributed by atoms with E-state index in [4.69, 9.17) is 11.5 Å². The second-order valence-corrected chi connectivity index (χ2v) is 3.94. The van der Waals surface area contributed by atoms with Gasteiger partial charge in [0.1, 0.15) is 0 Å². The first-order valence-corrected chi connectivity index (χ1v) is 5.35. The standard InChI is InChI=1S/C12H12F3N3/c13-12(14,15)9-3-1-2-8-7(10(17)6-16)4-5-18-11(8)9/h1-5,10H,6,16-17H2. The lowest BCUT2D eigenvalue weighted by molar-refractivity contribution is -0.136. The summed E-state index contributed by atoms with van der Waals surface area (Å²) in [5, 5.41) is 0.394. The van der Waals surface area contributed by atoms with Crippen molar-refractivity contribution in [1.82, 2.24) is 4.98 Å². The highest BCUT2D eigenvalue weighted by Crippen LogP contribution is 2.35. The van der Waals surface area contributed by atoms with Gasteiger partial charge in [-0.05, 0) is 17.7 Å². The van der Waals surface area contributed by atoms with Gasteiger partial charge in [-0.2, -0.15) is 13.2 Å². The van der Waals surface area contributed by atoms with Gasteiger partial charge in [-0.25, -0.2) is 0 Å². The van der Waals surface area contributed by atoms with E-state index < -0.39 is 17.8 Å². The van der Waals surface area contributed by atoms with Crippen molar-refractivity contribution < 1.29 is 13.2 Å². The molecule has 4 N–H and O–H groups in total. The van der Waals surface area contributed by atoms with Crippen molar-refractivity contribution in [1.29, 1.82) is 0 Å². The molecule has 3 nitrogen and oxygen atoms in total. The largest absolute Gasteiger partial charge is 0.418 e. The zero-order valence-electron chi connectivity index (χ0n) is 9.41. The van der Waals surface area contributed by atoms with Crippen LogP contribution in [0.1, 0.15) is 17.2 Å². The maximum Gasteiger partial charge on any atom is 0.418 e. The minimum atomic E-state index is -4.43. The number of hydrogen-bond donors (Lipinski definition) is 2. The lowest BCUT2D eigenvalue weighted by Crippen LogP contribution is -2.21. The van der Waals surface area contributed by atoms with Gasteiger partial charge in [-0.1, -0.05) is 12.1 Å². The van der Waals surface area contributed by atoms with E-state index in [0.717, 1.165) is 6.07 Å². The van der Waals surface area contributed by atoms with Gasteiger partial charge in [0.05, 0.1) is 11.1 Å². The molecule has 1 aromatic heterocycles. The predicted octanol–water partition coefficient (Wildman–Crippen LogP) is 2.21. The minimum Gasteiger partial charge on any atom is -0.329 e. The Morgan fingerprint density at radius 3 is 2.56 bits per heavy atom. The molecule has 0 aliphatic rings. The Labute approximate surface area is 102 Å². The summed E-state index contributed by atoms with van der Waals surface area (Å²) >= 11 is 0. The van der Waals surface area contributed by atoms with Crippen molar-refractivity contribution in [2.24, 2.45) is 11.5 Å². The average Bonchev–Trinajstić information content (AvgIpc) is 2.35. The Hall–Kier alpha value is -1.66. The van der Waals surface area contributed by atoms with E-state index in [0.29, 0.717) is 10.9 Å². The van der Waals surface area contributed by atoms with E-state index in [1.807, 2.05) is 0 Å². The van der Waals surface area contributed by atoms with Crippen molar-refractivity contribution in [3.8, 4) is 0 Å². The van der Waals surface area contributed by atoms with Gasteiger partial charge >= 0.3 is 6.18 Å². The molecular weight excluding hydrogens is 243 g/mol. The van der Waals surface area contributed by atoms with Crippen LogP contribution in [0.15, 0.2) is 30.5 Å². The van der Waals surface area contributed by atoms with Gasteiger partial charge < -0.3 is 11.5 Å². The number of hydrogen-bond acceptors (Lipinski definition) is 3. The fourth-order valence-electron chi connectivity index (χ4n) is 1.88. The summed E-state index contributed by atoms with van der Waals surface area (Å²) in [5.41, 5.74) is 11.0. The number of rotatable bonds is 2. The van der Waals surface area contributed by atoms with Gasteiger partial charge in [0.15, 0.2) is 0 Å². The van der Waals surface area contributed by atoms with Crippen molar-refractivity contribution in [3.63, 3.8) is 0 Å². The molecular formula is C12H12F3N3. The molecule has 0 bridgehead atoms. The number of benzene rings is 1. The molecule has 0 saturated heterocycles. The van der Waals surface area contributed by atoms with Gasteiger partial charge in [-0.15, -0.1) is 0 Å². The van der Waals surface area contributed by atoms with Gasteiger partial charge in [-0.3, -0.25) is 4.98 Å². The Balaban J connectivity index is 2.73. The zero-order valence-corrected chi connectivity index (χ0v) is 9.41. The summed E-state index contributed by atoms with van der Waals surface area (Å²) < 4.78 is 38.5. The third kappa shape index (κ3) is 2.16. The highest BCUT2D eigenvalue weighted by atomic mass is 19.4. The molecule has 0 amide bonds. The van der Waals surface area contributed by atoms with Crippen LogP contribution in [0.5, 0.6) is 0 Å². The number of nitrogens with zero attached hydrogens (tertiary/aromatic N) is 1. The topological polar surface area (TPSA) is 64.9 Å². The average molecular weight is 255 g/mol. The fraction of sp³-hybridized carbons (Fsp3) is 0.250. The Kier molecular flexibility index (Phi) is 3.23. The smallest absolute Gasteiger partial charge is 0.329 e. The monoisotopic (exact) mass is 255 g/mol. The van der Waals surface area contributed by atoms with Crippen LogP contribution in [0.25, 0.3) is 10.9 Å². The molecule has 18 heavy (non-hydrogen) atoms. The molecule has 2 rings (SSSR count). The van der Waals surface area contributed by atoms with E-state index in [9.17, 15) is 13.2 Å². The number of fused-ring (bicyclic) bond motifs is 1. The van der Waals surface area contributed by atoms with E-state index in [2.05, 4.69) is 4.98 Å². The van der Waals surface area contributed by atoms with Crippen LogP contribution >= 0.6 is 0 Å². The quantitative estimate of drug-likeness (QED) is 0.864. The molecule has 1 heterocycles. The first kappa shape index (κ1) is 12.8. The molecule has 0 saturated carbocycles. The molecule has 0 radical (unpaired) electrons. The third-order valence-corrected chi connectivity index (χ3v) is 2.76. The second-order valence-electron chi connectivity index (χ2n) is 3.94. The number of nitrogens with two attached hydrogens (primary N) is 2. The zero-order chi connectivity index (χ0) is 13.3. The van der Waals surface area contributed by atoms with Crippen LogP contribution in [-0.4, -0.2) is 11.5 Å². The van der Waals surface area contributed by atoms with Crippen LogP contribution in [0, 0.1) is 0 Å².